The number of aryl methyl sites for hydroxylation is 4. The van der Waals surface area contributed by atoms with Gasteiger partial charge in [0.05, 0.1) is 29.8 Å². The van der Waals surface area contributed by atoms with E-state index in [2.05, 4.69) is 15.4 Å². The van der Waals surface area contributed by atoms with Crippen LogP contribution in [0, 0.1) is 20.8 Å². The topological polar surface area (TPSA) is 69.0 Å². The first-order valence-corrected chi connectivity index (χ1v) is 8.58. The zero-order valence-electron chi connectivity index (χ0n) is 16.0. The Morgan fingerprint density at radius 3 is 2.65 bits per heavy atom. The van der Waals surface area contributed by atoms with Gasteiger partial charge in [0.2, 0.25) is 0 Å². The van der Waals surface area contributed by atoms with Gasteiger partial charge in [-0.2, -0.15) is 5.10 Å². The summed E-state index contributed by atoms with van der Waals surface area (Å²) in [6.45, 7) is 7.75. The van der Waals surface area contributed by atoms with E-state index in [1.807, 2.05) is 59.0 Å². The molecule has 1 atom stereocenters. The molecule has 6 nitrogen and oxygen atoms in total. The summed E-state index contributed by atoms with van der Waals surface area (Å²) >= 11 is 0. The van der Waals surface area contributed by atoms with Crippen LogP contribution in [-0.2, 0) is 7.05 Å². The molecule has 0 aliphatic heterocycles. The van der Waals surface area contributed by atoms with E-state index in [1.165, 1.54) is 0 Å². The first kappa shape index (κ1) is 17.9. The second kappa shape index (κ2) is 6.78. The van der Waals surface area contributed by atoms with Gasteiger partial charge in [0.15, 0.2) is 5.65 Å². The number of ether oxygens (including phenoxy) is 1. The minimum Gasteiger partial charge on any atom is -0.496 e. The minimum atomic E-state index is -0.196. The van der Waals surface area contributed by atoms with Crippen molar-refractivity contribution in [2.24, 2.45) is 7.05 Å². The van der Waals surface area contributed by atoms with Gasteiger partial charge in [-0.05, 0) is 39.8 Å². The summed E-state index contributed by atoms with van der Waals surface area (Å²) < 4.78 is 7.16. The van der Waals surface area contributed by atoms with Crippen LogP contribution in [0.15, 0.2) is 24.3 Å². The number of amides is 1. The smallest absolute Gasteiger partial charge is 0.252 e. The molecule has 0 unspecified atom stereocenters. The zero-order chi connectivity index (χ0) is 19.0. The van der Waals surface area contributed by atoms with Gasteiger partial charge in [0, 0.05) is 18.3 Å². The average Bonchev–Trinajstić information content (AvgIpc) is 2.88. The molecule has 6 heteroatoms. The van der Waals surface area contributed by atoms with Crippen molar-refractivity contribution >= 4 is 16.9 Å². The van der Waals surface area contributed by atoms with Gasteiger partial charge in [-0.15, -0.1) is 0 Å². The molecule has 0 aliphatic rings. The molecule has 2 heterocycles. The quantitative estimate of drug-likeness (QED) is 0.781. The number of carbonyl (C=O) groups excluding carboxylic acids is 1. The molecule has 0 saturated heterocycles. The SMILES string of the molecule is COc1ccc(C)cc1[C@@H](C)NC(=O)c1cc(C)nc2c1c(C)nn2C. The molecule has 1 aromatic carbocycles. The monoisotopic (exact) mass is 352 g/mol. The Hall–Kier alpha value is -2.89. The highest BCUT2D eigenvalue weighted by atomic mass is 16.5. The van der Waals surface area contributed by atoms with Gasteiger partial charge in [0.25, 0.3) is 5.91 Å². The third-order valence-corrected chi connectivity index (χ3v) is 4.54. The van der Waals surface area contributed by atoms with E-state index in [-0.39, 0.29) is 11.9 Å². The number of nitrogens with one attached hydrogen (secondary N) is 1. The standard InChI is InChI=1S/C20H24N4O2/c1-11-7-8-17(26-6)15(9-11)13(3)22-20(25)16-10-12(2)21-19-18(16)14(4)23-24(19)5/h7-10,13H,1-6H3,(H,22,25)/t13-/m1/s1. The van der Waals surface area contributed by atoms with Gasteiger partial charge < -0.3 is 10.1 Å². The van der Waals surface area contributed by atoms with Crippen molar-refractivity contribution in [3.8, 4) is 5.75 Å². The second-order valence-corrected chi connectivity index (χ2v) is 6.66. The normalized spacial score (nSPS) is 12.2. The highest BCUT2D eigenvalue weighted by Gasteiger charge is 2.20. The van der Waals surface area contributed by atoms with E-state index in [1.54, 1.807) is 11.8 Å². The molecule has 0 bridgehead atoms. The average molecular weight is 352 g/mol. The fourth-order valence-electron chi connectivity index (χ4n) is 3.29. The number of fused-ring (bicyclic) bond motifs is 1. The number of carbonyl (C=O) groups is 1. The molecule has 0 fully saturated rings. The summed E-state index contributed by atoms with van der Waals surface area (Å²) in [5.74, 6) is 0.615. The minimum absolute atomic E-state index is 0.146. The molecule has 0 saturated carbocycles. The molecule has 2 aromatic heterocycles. The van der Waals surface area contributed by atoms with Crippen molar-refractivity contribution < 1.29 is 9.53 Å². The zero-order valence-corrected chi connectivity index (χ0v) is 16.0. The Labute approximate surface area is 153 Å². The Balaban J connectivity index is 1.99. The van der Waals surface area contributed by atoms with Crippen LogP contribution in [0.4, 0.5) is 0 Å². The highest BCUT2D eigenvalue weighted by Crippen LogP contribution is 2.27. The maximum Gasteiger partial charge on any atom is 0.252 e. The second-order valence-electron chi connectivity index (χ2n) is 6.66. The lowest BCUT2D eigenvalue weighted by Gasteiger charge is -2.18. The van der Waals surface area contributed by atoms with Crippen LogP contribution in [0.2, 0.25) is 0 Å². The fraction of sp³-hybridized carbons (Fsp3) is 0.350. The van der Waals surface area contributed by atoms with E-state index < -0.39 is 0 Å². The number of hydrogen-bond acceptors (Lipinski definition) is 4. The predicted octanol–water partition coefficient (Wildman–Crippen LogP) is 3.39. The Kier molecular flexibility index (Phi) is 4.68. The van der Waals surface area contributed by atoms with Crippen molar-refractivity contribution in [3.05, 3.63) is 52.3 Å². The first-order chi connectivity index (χ1) is 12.3. The number of hydrogen-bond donors (Lipinski definition) is 1. The van der Waals surface area contributed by atoms with Crippen LogP contribution in [-0.4, -0.2) is 27.8 Å². The summed E-state index contributed by atoms with van der Waals surface area (Å²) in [5.41, 5.74) is 4.95. The van der Waals surface area contributed by atoms with Crippen LogP contribution in [0.5, 0.6) is 5.75 Å². The van der Waals surface area contributed by atoms with Crippen molar-refractivity contribution in [2.75, 3.05) is 7.11 Å². The molecule has 0 spiro atoms. The molecule has 1 amide bonds. The van der Waals surface area contributed by atoms with Crippen molar-refractivity contribution in [3.63, 3.8) is 0 Å². The Morgan fingerprint density at radius 2 is 1.96 bits per heavy atom. The molecule has 0 aliphatic carbocycles. The molecule has 0 radical (unpaired) electrons. The lowest BCUT2D eigenvalue weighted by Crippen LogP contribution is -2.27. The highest BCUT2D eigenvalue weighted by molar-refractivity contribution is 6.06. The van der Waals surface area contributed by atoms with Crippen LogP contribution in [0.25, 0.3) is 11.0 Å². The maximum atomic E-state index is 13.0. The third-order valence-electron chi connectivity index (χ3n) is 4.54. The summed E-state index contributed by atoms with van der Waals surface area (Å²) in [7, 11) is 3.47. The van der Waals surface area contributed by atoms with E-state index >= 15 is 0 Å². The molecule has 26 heavy (non-hydrogen) atoms. The van der Waals surface area contributed by atoms with Crippen LogP contribution in [0.3, 0.4) is 0 Å². The van der Waals surface area contributed by atoms with Crippen LogP contribution >= 0.6 is 0 Å². The molecule has 136 valence electrons. The molecule has 1 N–H and O–H groups in total. The predicted molar refractivity (Wildman–Crippen MR) is 102 cm³/mol. The molecular formula is C20H24N4O2. The molecule has 3 aromatic rings. The van der Waals surface area contributed by atoms with Gasteiger partial charge in [-0.3, -0.25) is 9.48 Å². The summed E-state index contributed by atoms with van der Waals surface area (Å²) in [6.07, 6.45) is 0. The fourth-order valence-corrected chi connectivity index (χ4v) is 3.29. The van der Waals surface area contributed by atoms with Gasteiger partial charge in [-0.25, -0.2) is 4.98 Å². The number of aromatic nitrogens is 3. The maximum absolute atomic E-state index is 13.0. The summed E-state index contributed by atoms with van der Waals surface area (Å²) in [6, 6.07) is 7.57. The van der Waals surface area contributed by atoms with Gasteiger partial charge in [-0.1, -0.05) is 17.7 Å². The summed E-state index contributed by atoms with van der Waals surface area (Å²) in [5, 5.41) is 8.28. The molecule has 3 rings (SSSR count). The number of nitrogens with zero attached hydrogens (tertiary/aromatic N) is 3. The number of pyridine rings is 1. The first-order valence-electron chi connectivity index (χ1n) is 8.58. The molecular weight excluding hydrogens is 328 g/mol. The summed E-state index contributed by atoms with van der Waals surface area (Å²) in [4.78, 5) is 17.5. The van der Waals surface area contributed by atoms with Gasteiger partial charge in [0.1, 0.15) is 5.75 Å². The van der Waals surface area contributed by atoms with Crippen LogP contribution < -0.4 is 10.1 Å². The number of rotatable bonds is 4. The largest absolute Gasteiger partial charge is 0.496 e. The number of benzene rings is 1. The van der Waals surface area contributed by atoms with E-state index in [0.29, 0.717) is 11.2 Å². The van der Waals surface area contributed by atoms with Crippen molar-refractivity contribution in [2.45, 2.75) is 33.7 Å². The van der Waals surface area contributed by atoms with Gasteiger partial charge >= 0.3 is 0 Å². The Morgan fingerprint density at radius 1 is 1.23 bits per heavy atom. The number of methoxy groups -OCH3 is 1. The van der Waals surface area contributed by atoms with E-state index in [9.17, 15) is 4.79 Å². The van der Waals surface area contributed by atoms with Crippen molar-refractivity contribution in [1.29, 1.82) is 0 Å². The van der Waals surface area contributed by atoms with Crippen LogP contribution in [0.1, 0.15) is 45.8 Å². The lowest BCUT2D eigenvalue weighted by molar-refractivity contribution is 0.0941. The van der Waals surface area contributed by atoms with E-state index in [0.717, 1.165) is 33.7 Å². The van der Waals surface area contributed by atoms with E-state index in [4.69, 9.17) is 4.74 Å². The Bertz CT molecular complexity index is 991. The third kappa shape index (κ3) is 3.14. The van der Waals surface area contributed by atoms with Crippen molar-refractivity contribution in [1.82, 2.24) is 20.1 Å². The lowest BCUT2D eigenvalue weighted by atomic mass is 10.0.